The van der Waals surface area contributed by atoms with Gasteiger partial charge in [-0.25, -0.2) is 0 Å². The van der Waals surface area contributed by atoms with Gasteiger partial charge in [0.15, 0.2) is 11.0 Å². The van der Waals surface area contributed by atoms with Gasteiger partial charge in [0.25, 0.3) is 0 Å². The van der Waals surface area contributed by atoms with Crippen LogP contribution >= 0.6 is 23.4 Å². The predicted molar refractivity (Wildman–Crippen MR) is 123 cm³/mol. The number of hydrogen-bond acceptors (Lipinski definition) is 5. The Morgan fingerprint density at radius 1 is 0.968 bits per heavy atom. The third-order valence-electron chi connectivity index (χ3n) is 4.53. The predicted octanol–water partition coefficient (Wildman–Crippen LogP) is 4.45. The second-order valence-electron chi connectivity index (χ2n) is 6.77. The van der Waals surface area contributed by atoms with Crippen molar-refractivity contribution in [2.45, 2.75) is 18.2 Å². The number of carbonyl (C=O) groups excluding carboxylic acids is 1. The van der Waals surface area contributed by atoms with E-state index >= 15 is 0 Å². The van der Waals surface area contributed by atoms with Crippen LogP contribution in [-0.2, 0) is 17.9 Å². The summed E-state index contributed by atoms with van der Waals surface area (Å²) in [4.78, 5) is 16.6. The van der Waals surface area contributed by atoms with Gasteiger partial charge in [-0.15, -0.1) is 10.2 Å². The molecule has 4 rings (SSSR count). The molecule has 0 unspecified atom stereocenters. The Bertz CT molecular complexity index is 1130. The minimum Gasteiger partial charge on any atom is -0.350 e. The number of nitrogens with one attached hydrogen (secondary N) is 1. The quantitative estimate of drug-likeness (QED) is 0.402. The average Bonchev–Trinajstić information content (AvgIpc) is 3.20. The van der Waals surface area contributed by atoms with Crippen molar-refractivity contribution in [3.63, 3.8) is 0 Å². The number of rotatable bonds is 8. The summed E-state index contributed by atoms with van der Waals surface area (Å²) in [5.74, 6) is 0.885. The number of hydrogen-bond donors (Lipinski definition) is 1. The lowest BCUT2D eigenvalue weighted by molar-refractivity contribution is -0.118. The maximum Gasteiger partial charge on any atom is 0.230 e. The van der Waals surface area contributed by atoms with Crippen LogP contribution in [-0.4, -0.2) is 31.4 Å². The molecule has 0 saturated carbocycles. The van der Waals surface area contributed by atoms with Gasteiger partial charge in [0.2, 0.25) is 5.91 Å². The van der Waals surface area contributed by atoms with Crippen LogP contribution in [0.2, 0.25) is 5.02 Å². The van der Waals surface area contributed by atoms with E-state index in [-0.39, 0.29) is 11.7 Å². The molecule has 8 heteroatoms. The summed E-state index contributed by atoms with van der Waals surface area (Å²) < 4.78 is 2.02. The SMILES string of the molecule is O=C(CSc1nnc(-c2ccc(Cl)cc2)n1Cc1ccccc1)NCc1ccccn1. The van der Waals surface area contributed by atoms with Gasteiger partial charge >= 0.3 is 0 Å². The van der Waals surface area contributed by atoms with Gasteiger partial charge < -0.3 is 5.32 Å². The number of thioether (sulfide) groups is 1. The van der Waals surface area contributed by atoms with Crippen molar-refractivity contribution in [2.24, 2.45) is 0 Å². The van der Waals surface area contributed by atoms with Crippen LogP contribution in [0.15, 0.2) is 84.1 Å². The second kappa shape index (κ2) is 10.2. The van der Waals surface area contributed by atoms with Crippen molar-refractivity contribution < 1.29 is 4.79 Å². The zero-order valence-corrected chi connectivity index (χ0v) is 18.2. The summed E-state index contributed by atoms with van der Waals surface area (Å²) in [5.41, 5.74) is 2.86. The largest absolute Gasteiger partial charge is 0.350 e. The fourth-order valence-electron chi connectivity index (χ4n) is 2.99. The first-order valence-corrected chi connectivity index (χ1v) is 11.1. The first-order valence-electron chi connectivity index (χ1n) is 9.71. The average molecular weight is 450 g/mol. The molecule has 0 bridgehead atoms. The van der Waals surface area contributed by atoms with E-state index < -0.39 is 0 Å². The van der Waals surface area contributed by atoms with Crippen LogP contribution in [0, 0.1) is 0 Å². The second-order valence-corrected chi connectivity index (χ2v) is 8.15. The lowest BCUT2D eigenvalue weighted by atomic mass is 10.2. The van der Waals surface area contributed by atoms with E-state index in [0.717, 1.165) is 22.6 Å². The number of amides is 1. The highest BCUT2D eigenvalue weighted by Crippen LogP contribution is 2.26. The molecule has 2 aromatic heterocycles. The molecular formula is C23H20ClN5OS. The van der Waals surface area contributed by atoms with Crippen LogP contribution in [0.1, 0.15) is 11.3 Å². The first kappa shape index (κ1) is 21.1. The van der Waals surface area contributed by atoms with Crippen LogP contribution in [0.4, 0.5) is 0 Å². The highest BCUT2D eigenvalue weighted by atomic mass is 35.5. The fraction of sp³-hybridized carbons (Fsp3) is 0.130. The monoisotopic (exact) mass is 449 g/mol. The Balaban J connectivity index is 1.49. The van der Waals surface area contributed by atoms with Crippen molar-refractivity contribution in [3.8, 4) is 11.4 Å². The van der Waals surface area contributed by atoms with Gasteiger partial charge in [0, 0.05) is 16.8 Å². The molecule has 156 valence electrons. The van der Waals surface area contributed by atoms with Crippen LogP contribution in [0.3, 0.4) is 0 Å². The molecule has 0 atom stereocenters. The minimum absolute atomic E-state index is 0.0852. The van der Waals surface area contributed by atoms with E-state index in [4.69, 9.17) is 11.6 Å². The van der Waals surface area contributed by atoms with Gasteiger partial charge in [-0.3, -0.25) is 14.3 Å². The molecule has 1 N–H and O–H groups in total. The van der Waals surface area contributed by atoms with Gasteiger partial charge in [-0.05, 0) is 42.0 Å². The minimum atomic E-state index is -0.0852. The molecule has 31 heavy (non-hydrogen) atoms. The Morgan fingerprint density at radius 3 is 2.48 bits per heavy atom. The molecular weight excluding hydrogens is 430 g/mol. The highest BCUT2D eigenvalue weighted by Gasteiger charge is 2.16. The molecule has 0 radical (unpaired) electrons. The van der Waals surface area contributed by atoms with Crippen molar-refractivity contribution in [3.05, 3.63) is 95.3 Å². The summed E-state index contributed by atoms with van der Waals surface area (Å²) in [6, 6.07) is 23.2. The van der Waals surface area contributed by atoms with Crippen LogP contribution in [0.5, 0.6) is 0 Å². The fourth-order valence-corrected chi connectivity index (χ4v) is 3.88. The molecule has 0 fully saturated rings. The lowest BCUT2D eigenvalue weighted by Crippen LogP contribution is -2.25. The van der Waals surface area contributed by atoms with Gasteiger partial charge in [-0.2, -0.15) is 0 Å². The molecule has 0 saturated heterocycles. The molecule has 4 aromatic rings. The molecule has 0 aliphatic carbocycles. The smallest absolute Gasteiger partial charge is 0.230 e. The molecule has 1 amide bonds. The summed E-state index contributed by atoms with van der Waals surface area (Å²) in [6.07, 6.45) is 1.71. The standard InChI is InChI=1S/C23H20ClN5OS/c24-19-11-9-18(10-12-19)22-27-28-23(29(22)15-17-6-2-1-3-7-17)31-16-21(30)26-14-20-8-4-5-13-25-20/h1-13H,14-16H2,(H,26,30). The van der Waals surface area contributed by atoms with Gasteiger partial charge in [0.05, 0.1) is 24.5 Å². The topological polar surface area (TPSA) is 72.7 Å². The van der Waals surface area contributed by atoms with E-state index in [2.05, 4.69) is 32.6 Å². The van der Waals surface area contributed by atoms with E-state index in [0.29, 0.717) is 23.3 Å². The summed E-state index contributed by atoms with van der Waals surface area (Å²) >= 11 is 7.40. The number of aromatic nitrogens is 4. The van der Waals surface area contributed by atoms with E-state index in [1.54, 1.807) is 6.20 Å². The maximum atomic E-state index is 12.3. The lowest BCUT2D eigenvalue weighted by Gasteiger charge is -2.11. The van der Waals surface area contributed by atoms with Crippen molar-refractivity contribution in [1.82, 2.24) is 25.1 Å². The van der Waals surface area contributed by atoms with Gasteiger partial charge in [0.1, 0.15) is 0 Å². The molecule has 2 heterocycles. The normalized spacial score (nSPS) is 10.7. The zero-order chi connectivity index (χ0) is 21.5. The molecule has 0 aliphatic rings. The number of benzene rings is 2. The van der Waals surface area contributed by atoms with E-state index in [1.165, 1.54) is 11.8 Å². The molecule has 0 aliphatic heterocycles. The van der Waals surface area contributed by atoms with Crippen molar-refractivity contribution >= 4 is 29.3 Å². The van der Waals surface area contributed by atoms with Crippen molar-refractivity contribution in [1.29, 1.82) is 0 Å². The van der Waals surface area contributed by atoms with Gasteiger partial charge in [-0.1, -0.05) is 59.8 Å². The Hall–Kier alpha value is -3.16. The zero-order valence-electron chi connectivity index (χ0n) is 16.6. The number of nitrogens with zero attached hydrogens (tertiary/aromatic N) is 4. The summed E-state index contributed by atoms with van der Waals surface area (Å²) in [5, 5.41) is 13.0. The first-order chi connectivity index (χ1) is 15.2. The highest BCUT2D eigenvalue weighted by molar-refractivity contribution is 7.99. The summed E-state index contributed by atoms with van der Waals surface area (Å²) in [7, 11) is 0. The van der Waals surface area contributed by atoms with E-state index in [1.807, 2.05) is 65.2 Å². The van der Waals surface area contributed by atoms with E-state index in [9.17, 15) is 4.79 Å². The Labute approximate surface area is 189 Å². The van der Waals surface area contributed by atoms with Crippen LogP contribution < -0.4 is 5.32 Å². The van der Waals surface area contributed by atoms with Crippen molar-refractivity contribution in [2.75, 3.05) is 5.75 Å². The third-order valence-corrected chi connectivity index (χ3v) is 5.75. The third kappa shape index (κ3) is 5.71. The number of pyridine rings is 1. The molecule has 0 spiro atoms. The Morgan fingerprint density at radius 2 is 1.74 bits per heavy atom. The number of halogens is 1. The van der Waals surface area contributed by atoms with Crippen LogP contribution in [0.25, 0.3) is 11.4 Å². The molecule has 2 aromatic carbocycles. The Kier molecular flexibility index (Phi) is 6.96. The summed E-state index contributed by atoms with van der Waals surface area (Å²) in [6.45, 7) is 0.997. The number of carbonyl (C=O) groups is 1. The molecule has 6 nitrogen and oxygen atoms in total. The maximum absolute atomic E-state index is 12.3.